The lowest BCUT2D eigenvalue weighted by molar-refractivity contribution is -0.127. The molecule has 1 saturated heterocycles. The van der Waals surface area contributed by atoms with E-state index in [1.165, 1.54) is 12.1 Å². The van der Waals surface area contributed by atoms with E-state index >= 15 is 0 Å². The Kier molecular flexibility index (Phi) is 6.90. The van der Waals surface area contributed by atoms with Crippen LogP contribution in [0.4, 0.5) is 13.2 Å². The molecule has 0 spiro atoms. The van der Waals surface area contributed by atoms with E-state index in [4.69, 9.17) is 0 Å². The van der Waals surface area contributed by atoms with Crippen molar-refractivity contribution in [3.05, 3.63) is 107 Å². The molecule has 1 N–H and O–H groups in total. The van der Waals surface area contributed by atoms with Gasteiger partial charge in [0.25, 0.3) is 0 Å². The zero-order valence-corrected chi connectivity index (χ0v) is 17.6. The fraction of sp³-hybridized carbons (Fsp3) is 0.269. The third-order valence-electron chi connectivity index (χ3n) is 5.97. The summed E-state index contributed by atoms with van der Waals surface area (Å²) in [5.41, 5.74) is 2.23. The van der Waals surface area contributed by atoms with Gasteiger partial charge < -0.3 is 5.32 Å². The first-order chi connectivity index (χ1) is 15.5. The van der Waals surface area contributed by atoms with Gasteiger partial charge in [0.1, 0.15) is 5.82 Å². The first-order valence-corrected chi connectivity index (χ1v) is 10.7. The Hall–Kier alpha value is -3.12. The van der Waals surface area contributed by atoms with Gasteiger partial charge in [-0.05, 0) is 41.7 Å². The molecule has 3 aromatic rings. The Morgan fingerprint density at radius 1 is 0.875 bits per heavy atom. The monoisotopic (exact) mass is 438 g/mol. The molecular weight excluding hydrogens is 413 g/mol. The highest BCUT2D eigenvalue weighted by Crippen LogP contribution is 2.31. The van der Waals surface area contributed by atoms with Crippen molar-refractivity contribution < 1.29 is 18.0 Å². The largest absolute Gasteiger partial charge is 0.352 e. The number of hydrogen-bond acceptors (Lipinski definition) is 2. The van der Waals surface area contributed by atoms with Crippen LogP contribution >= 0.6 is 0 Å². The molecule has 3 nitrogen and oxygen atoms in total. The minimum Gasteiger partial charge on any atom is -0.352 e. The van der Waals surface area contributed by atoms with Gasteiger partial charge in [-0.2, -0.15) is 0 Å². The molecule has 1 fully saturated rings. The maximum Gasteiger partial charge on any atom is 0.224 e. The van der Waals surface area contributed by atoms with E-state index in [9.17, 15) is 18.0 Å². The van der Waals surface area contributed by atoms with Crippen molar-refractivity contribution in [2.45, 2.75) is 25.4 Å². The van der Waals surface area contributed by atoms with Gasteiger partial charge in [-0.25, -0.2) is 13.2 Å². The molecule has 1 aliphatic rings. The highest BCUT2D eigenvalue weighted by Gasteiger charge is 2.32. The summed E-state index contributed by atoms with van der Waals surface area (Å²) >= 11 is 0. The van der Waals surface area contributed by atoms with Crippen molar-refractivity contribution in [2.75, 3.05) is 13.1 Å². The Labute approximate surface area is 185 Å². The number of carbonyl (C=O) groups is 1. The second kappa shape index (κ2) is 10.0. The first kappa shape index (κ1) is 22.1. The number of likely N-dealkylation sites (tertiary alicyclic amines) is 1. The number of nitrogens with zero attached hydrogens (tertiary/aromatic N) is 1. The molecule has 6 heteroatoms. The minimum atomic E-state index is -0.877. The summed E-state index contributed by atoms with van der Waals surface area (Å²) < 4.78 is 40.9. The van der Waals surface area contributed by atoms with E-state index < -0.39 is 11.6 Å². The SMILES string of the molecule is O=C(NCc1ccccc1F)C1CC(c2ccccc2)CN(Cc2ccc(F)c(F)c2)C1. The second-order valence-electron chi connectivity index (χ2n) is 8.29. The number of rotatable bonds is 6. The maximum absolute atomic E-state index is 13.9. The summed E-state index contributed by atoms with van der Waals surface area (Å²) in [6.07, 6.45) is 0.668. The van der Waals surface area contributed by atoms with Gasteiger partial charge in [0, 0.05) is 31.7 Å². The molecule has 2 atom stereocenters. The number of hydrogen-bond donors (Lipinski definition) is 1. The molecule has 0 saturated carbocycles. The van der Waals surface area contributed by atoms with Crippen molar-refractivity contribution >= 4 is 5.91 Å². The molecule has 1 aliphatic heterocycles. The minimum absolute atomic E-state index is 0.124. The van der Waals surface area contributed by atoms with E-state index in [1.54, 1.807) is 24.3 Å². The van der Waals surface area contributed by atoms with Gasteiger partial charge >= 0.3 is 0 Å². The van der Waals surface area contributed by atoms with E-state index in [0.29, 0.717) is 37.2 Å². The smallest absolute Gasteiger partial charge is 0.224 e. The summed E-state index contributed by atoms with van der Waals surface area (Å²) in [6.45, 7) is 1.74. The van der Waals surface area contributed by atoms with E-state index in [0.717, 1.165) is 11.6 Å². The van der Waals surface area contributed by atoms with Crippen LogP contribution in [0.25, 0.3) is 0 Å². The number of piperidine rings is 1. The lowest BCUT2D eigenvalue weighted by Gasteiger charge is -2.37. The van der Waals surface area contributed by atoms with Crippen LogP contribution in [-0.2, 0) is 17.9 Å². The van der Waals surface area contributed by atoms with Crippen LogP contribution in [-0.4, -0.2) is 23.9 Å². The first-order valence-electron chi connectivity index (χ1n) is 10.7. The van der Waals surface area contributed by atoms with E-state index in [1.807, 2.05) is 30.3 Å². The summed E-state index contributed by atoms with van der Waals surface area (Å²) in [7, 11) is 0. The summed E-state index contributed by atoms with van der Waals surface area (Å²) in [5.74, 6) is -2.41. The fourth-order valence-electron chi connectivity index (χ4n) is 4.34. The Morgan fingerprint density at radius 2 is 1.62 bits per heavy atom. The van der Waals surface area contributed by atoms with Crippen molar-refractivity contribution in [1.82, 2.24) is 10.2 Å². The van der Waals surface area contributed by atoms with Gasteiger partial charge in [0.2, 0.25) is 5.91 Å². The highest BCUT2D eigenvalue weighted by atomic mass is 19.2. The molecule has 1 amide bonds. The van der Waals surface area contributed by atoms with Crippen LogP contribution in [0.3, 0.4) is 0 Å². The molecule has 0 radical (unpaired) electrons. The van der Waals surface area contributed by atoms with Crippen LogP contribution in [0.5, 0.6) is 0 Å². The molecule has 0 bridgehead atoms. The number of carbonyl (C=O) groups excluding carboxylic acids is 1. The lowest BCUT2D eigenvalue weighted by atomic mass is 9.84. The number of amides is 1. The van der Waals surface area contributed by atoms with Gasteiger partial charge in [0.05, 0.1) is 5.92 Å². The molecule has 166 valence electrons. The van der Waals surface area contributed by atoms with E-state index in [2.05, 4.69) is 10.2 Å². The van der Waals surface area contributed by atoms with Crippen LogP contribution in [0.2, 0.25) is 0 Å². The molecule has 0 aliphatic carbocycles. The predicted molar refractivity (Wildman–Crippen MR) is 117 cm³/mol. The van der Waals surface area contributed by atoms with Crippen molar-refractivity contribution in [3.8, 4) is 0 Å². The standard InChI is InChI=1S/C26H25F3N2O/c27-23-9-5-4-8-20(23)14-30-26(32)22-13-21(19-6-2-1-3-7-19)16-31(17-22)15-18-10-11-24(28)25(29)12-18/h1-12,21-22H,13-17H2,(H,30,32). The number of benzene rings is 3. The summed E-state index contributed by atoms with van der Waals surface area (Å²) in [6, 6.07) is 20.2. The quantitative estimate of drug-likeness (QED) is 0.586. The van der Waals surface area contributed by atoms with Crippen molar-refractivity contribution in [1.29, 1.82) is 0 Å². The van der Waals surface area contributed by atoms with Crippen molar-refractivity contribution in [3.63, 3.8) is 0 Å². The number of halogens is 3. The highest BCUT2D eigenvalue weighted by molar-refractivity contribution is 5.79. The second-order valence-corrected chi connectivity index (χ2v) is 8.29. The molecule has 2 unspecified atom stereocenters. The van der Waals surface area contributed by atoms with Crippen LogP contribution in [0.1, 0.15) is 29.0 Å². The average Bonchev–Trinajstić information content (AvgIpc) is 2.81. The molecule has 1 heterocycles. The molecule has 0 aromatic heterocycles. The zero-order chi connectivity index (χ0) is 22.5. The topological polar surface area (TPSA) is 32.3 Å². The molecule has 32 heavy (non-hydrogen) atoms. The van der Waals surface area contributed by atoms with Crippen LogP contribution in [0, 0.1) is 23.4 Å². The van der Waals surface area contributed by atoms with Crippen LogP contribution < -0.4 is 5.32 Å². The van der Waals surface area contributed by atoms with Gasteiger partial charge in [0.15, 0.2) is 11.6 Å². The van der Waals surface area contributed by atoms with Crippen LogP contribution in [0.15, 0.2) is 72.8 Å². The normalized spacial score (nSPS) is 19.0. The third kappa shape index (κ3) is 5.37. The Bertz CT molecular complexity index is 1070. The Morgan fingerprint density at radius 3 is 2.38 bits per heavy atom. The van der Waals surface area contributed by atoms with Gasteiger partial charge in [-0.15, -0.1) is 0 Å². The van der Waals surface area contributed by atoms with Gasteiger partial charge in [-0.1, -0.05) is 54.6 Å². The molecular formula is C26H25F3N2O. The van der Waals surface area contributed by atoms with Crippen molar-refractivity contribution in [2.24, 2.45) is 5.92 Å². The maximum atomic E-state index is 13.9. The Balaban J connectivity index is 1.49. The molecule has 3 aromatic carbocycles. The van der Waals surface area contributed by atoms with Gasteiger partial charge in [-0.3, -0.25) is 9.69 Å². The lowest BCUT2D eigenvalue weighted by Crippen LogP contribution is -2.45. The summed E-state index contributed by atoms with van der Waals surface area (Å²) in [5, 5.41) is 2.87. The predicted octanol–water partition coefficient (Wildman–Crippen LogP) is 5.03. The fourth-order valence-corrected chi connectivity index (χ4v) is 4.34. The number of nitrogens with one attached hydrogen (secondary N) is 1. The zero-order valence-electron chi connectivity index (χ0n) is 17.6. The average molecular weight is 438 g/mol. The summed E-state index contributed by atoms with van der Waals surface area (Å²) in [4.78, 5) is 15.1. The third-order valence-corrected chi connectivity index (χ3v) is 5.97. The van der Waals surface area contributed by atoms with E-state index in [-0.39, 0.29) is 30.1 Å². The molecule has 4 rings (SSSR count).